The summed E-state index contributed by atoms with van der Waals surface area (Å²) < 4.78 is 5.14. The molecule has 0 unspecified atom stereocenters. The molecule has 1 atom stereocenters. The van der Waals surface area contributed by atoms with Gasteiger partial charge in [0.2, 0.25) is 11.8 Å². The fraction of sp³-hybridized carbons (Fsp3) is 0.308. The van der Waals surface area contributed by atoms with Crippen molar-refractivity contribution in [1.82, 2.24) is 0 Å². The number of carbonyl (C=O) groups excluding carboxylic acids is 2. The number of carboxylic acid groups (broad SMARTS) is 1. The summed E-state index contributed by atoms with van der Waals surface area (Å²) in [5, 5.41) is 7.99. The number of rotatable bonds is 5. The standard InChI is InChI=1S/C13H13NO5S/c1-19-9-5-3-2-4-8(9)14-11(15)6-10(13(14)18)20-7-12(16)17/h2-5,10H,6-7H2,1H3,(H,16,17)/t10-/m1/s1. The molecule has 1 fully saturated rings. The number of hydrogen-bond donors (Lipinski definition) is 1. The van der Waals surface area contributed by atoms with Gasteiger partial charge in [-0.25, -0.2) is 4.90 Å². The molecular weight excluding hydrogens is 282 g/mol. The third-order valence-electron chi connectivity index (χ3n) is 2.84. The number of carbonyl (C=O) groups is 3. The molecule has 0 spiro atoms. The van der Waals surface area contributed by atoms with Crippen LogP contribution in [0.2, 0.25) is 0 Å². The van der Waals surface area contributed by atoms with Crippen LogP contribution < -0.4 is 9.64 Å². The van der Waals surface area contributed by atoms with Gasteiger partial charge in [-0.1, -0.05) is 12.1 Å². The van der Waals surface area contributed by atoms with Crippen LogP contribution in [0.15, 0.2) is 24.3 Å². The van der Waals surface area contributed by atoms with Crippen LogP contribution in [0, 0.1) is 0 Å². The summed E-state index contributed by atoms with van der Waals surface area (Å²) in [5.41, 5.74) is 0.392. The second kappa shape index (κ2) is 5.96. The van der Waals surface area contributed by atoms with Crippen molar-refractivity contribution in [2.24, 2.45) is 0 Å². The number of aliphatic carboxylic acids is 1. The normalized spacial score (nSPS) is 18.4. The molecule has 0 aliphatic carbocycles. The van der Waals surface area contributed by atoms with Crippen LogP contribution in [-0.2, 0) is 14.4 Å². The average molecular weight is 295 g/mol. The van der Waals surface area contributed by atoms with Crippen LogP contribution >= 0.6 is 11.8 Å². The molecule has 1 aromatic carbocycles. The first-order chi connectivity index (χ1) is 9.54. The van der Waals surface area contributed by atoms with E-state index in [0.29, 0.717) is 11.4 Å². The van der Waals surface area contributed by atoms with E-state index >= 15 is 0 Å². The summed E-state index contributed by atoms with van der Waals surface area (Å²) in [6.45, 7) is 0. The van der Waals surface area contributed by atoms with E-state index in [2.05, 4.69) is 0 Å². The second-order valence-electron chi connectivity index (χ2n) is 4.14. The highest BCUT2D eigenvalue weighted by Crippen LogP contribution is 2.34. The van der Waals surface area contributed by atoms with E-state index in [1.165, 1.54) is 7.11 Å². The van der Waals surface area contributed by atoms with Crippen LogP contribution in [0.25, 0.3) is 0 Å². The summed E-state index contributed by atoms with van der Waals surface area (Å²) in [7, 11) is 1.46. The zero-order valence-corrected chi connectivity index (χ0v) is 11.6. The van der Waals surface area contributed by atoms with Crippen molar-refractivity contribution in [1.29, 1.82) is 0 Å². The second-order valence-corrected chi connectivity index (χ2v) is 5.33. The Morgan fingerprint density at radius 2 is 2.15 bits per heavy atom. The molecule has 6 nitrogen and oxygen atoms in total. The minimum atomic E-state index is -1.01. The Hall–Kier alpha value is -2.02. The van der Waals surface area contributed by atoms with Gasteiger partial charge in [-0.05, 0) is 12.1 Å². The summed E-state index contributed by atoms with van der Waals surface area (Å²) in [6.07, 6.45) is 0.00876. The molecule has 1 aliphatic rings. The van der Waals surface area contributed by atoms with Crippen LogP contribution in [0.4, 0.5) is 5.69 Å². The number of hydrogen-bond acceptors (Lipinski definition) is 5. The molecule has 1 saturated heterocycles. The fourth-order valence-electron chi connectivity index (χ4n) is 1.97. The molecule has 0 radical (unpaired) electrons. The molecule has 1 heterocycles. The molecule has 1 N–H and O–H groups in total. The lowest BCUT2D eigenvalue weighted by atomic mass is 10.2. The van der Waals surface area contributed by atoms with Crippen molar-refractivity contribution in [2.75, 3.05) is 17.8 Å². The van der Waals surface area contributed by atoms with E-state index in [4.69, 9.17) is 9.84 Å². The summed E-state index contributed by atoms with van der Waals surface area (Å²) in [5.74, 6) is -1.53. The molecule has 0 saturated carbocycles. The zero-order chi connectivity index (χ0) is 14.7. The van der Waals surface area contributed by atoms with E-state index in [-0.39, 0.29) is 18.1 Å². The number of nitrogens with zero attached hydrogens (tertiary/aromatic N) is 1. The monoisotopic (exact) mass is 295 g/mol. The maximum Gasteiger partial charge on any atom is 0.313 e. The molecule has 0 aromatic heterocycles. The van der Waals surface area contributed by atoms with Crippen molar-refractivity contribution in [3.05, 3.63) is 24.3 Å². The number of imide groups is 1. The summed E-state index contributed by atoms with van der Waals surface area (Å²) in [6, 6.07) is 6.73. The van der Waals surface area contributed by atoms with Crippen molar-refractivity contribution in [3.63, 3.8) is 0 Å². The molecular formula is C13H13NO5S. The largest absolute Gasteiger partial charge is 0.495 e. The van der Waals surface area contributed by atoms with E-state index in [1.807, 2.05) is 0 Å². The minimum Gasteiger partial charge on any atom is -0.495 e. The fourth-order valence-corrected chi connectivity index (χ4v) is 2.83. The Bertz CT molecular complexity index is 559. The molecule has 2 amide bonds. The minimum absolute atomic E-state index is 0.00876. The lowest BCUT2D eigenvalue weighted by Crippen LogP contribution is -2.31. The van der Waals surface area contributed by atoms with Gasteiger partial charge in [0.05, 0.1) is 23.8 Å². The third kappa shape index (κ3) is 2.77. The number of para-hydroxylation sites is 2. The van der Waals surface area contributed by atoms with Gasteiger partial charge in [-0.3, -0.25) is 14.4 Å². The van der Waals surface area contributed by atoms with Crippen molar-refractivity contribution < 1.29 is 24.2 Å². The van der Waals surface area contributed by atoms with Crippen molar-refractivity contribution in [3.8, 4) is 5.75 Å². The van der Waals surface area contributed by atoms with E-state index in [1.54, 1.807) is 24.3 Å². The molecule has 106 valence electrons. The number of amides is 2. The van der Waals surface area contributed by atoms with Gasteiger partial charge in [-0.2, -0.15) is 0 Å². The van der Waals surface area contributed by atoms with Crippen LogP contribution in [-0.4, -0.2) is 41.0 Å². The van der Waals surface area contributed by atoms with Crippen LogP contribution in [0.5, 0.6) is 5.75 Å². The third-order valence-corrected chi connectivity index (χ3v) is 4.02. The molecule has 1 aromatic rings. The Morgan fingerprint density at radius 3 is 2.80 bits per heavy atom. The number of carboxylic acids is 1. The highest BCUT2D eigenvalue weighted by molar-refractivity contribution is 8.01. The highest BCUT2D eigenvalue weighted by atomic mass is 32.2. The molecule has 2 rings (SSSR count). The lowest BCUT2D eigenvalue weighted by molar-refractivity contribution is -0.134. The van der Waals surface area contributed by atoms with Gasteiger partial charge in [0.1, 0.15) is 5.75 Å². The molecule has 0 bridgehead atoms. The number of thioether (sulfide) groups is 1. The first-order valence-corrected chi connectivity index (χ1v) is 6.92. The van der Waals surface area contributed by atoms with Gasteiger partial charge in [0.15, 0.2) is 0 Å². The van der Waals surface area contributed by atoms with E-state index in [0.717, 1.165) is 16.7 Å². The highest BCUT2D eigenvalue weighted by Gasteiger charge is 2.41. The van der Waals surface area contributed by atoms with Gasteiger partial charge >= 0.3 is 5.97 Å². The zero-order valence-electron chi connectivity index (χ0n) is 10.7. The quantitative estimate of drug-likeness (QED) is 0.820. The predicted molar refractivity (Wildman–Crippen MR) is 74.0 cm³/mol. The van der Waals surface area contributed by atoms with Crippen molar-refractivity contribution in [2.45, 2.75) is 11.7 Å². The van der Waals surface area contributed by atoms with Crippen LogP contribution in [0.3, 0.4) is 0 Å². The Labute approximate surface area is 119 Å². The van der Waals surface area contributed by atoms with Gasteiger partial charge in [0.25, 0.3) is 0 Å². The lowest BCUT2D eigenvalue weighted by Gasteiger charge is -2.17. The Balaban J connectivity index is 2.22. The maximum atomic E-state index is 12.2. The Morgan fingerprint density at radius 1 is 1.45 bits per heavy atom. The average Bonchev–Trinajstić information content (AvgIpc) is 2.71. The number of benzene rings is 1. The smallest absolute Gasteiger partial charge is 0.313 e. The van der Waals surface area contributed by atoms with Gasteiger partial charge < -0.3 is 9.84 Å². The first-order valence-electron chi connectivity index (χ1n) is 5.87. The number of ether oxygens (including phenoxy) is 1. The molecule has 20 heavy (non-hydrogen) atoms. The SMILES string of the molecule is COc1ccccc1N1C(=O)C[C@@H](SCC(=O)O)C1=O. The Kier molecular flexibility index (Phi) is 4.29. The van der Waals surface area contributed by atoms with Gasteiger partial charge in [-0.15, -0.1) is 11.8 Å². The predicted octanol–water partition coefficient (Wildman–Crippen LogP) is 1.14. The van der Waals surface area contributed by atoms with Crippen LogP contribution in [0.1, 0.15) is 6.42 Å². The van der Waals surface area contributed by atoms with E-state index in [9.17, 15) is 14.4 Å². The molecule has 7 heteroatoms. The van der Waals surface area contributed by atoms with Gasteiger partial charge in [0, 0.05) is 6.42 Å². The van der Waals surface area contributed by atoms with Crippen molar-refractivity contribution >= 4 is 35.2 Å². The number of anilines is 1. The maximum absolute atomic E-state index is 12.2. The number of methoxy groups -OCH3 is 1. The first kappa shape index (κ1) is 14.4. The topological polar surface area (TPSA) is 83.9 Å². The van der Waals surface area contributed by atoms with E-state index < -0.39 is 17.1 Å². The summed E-state index contributed by atoms with van der Waals surface area (Å²) >= 11 is 0.963. The summed E-state index contributed by atoms with van der Waals surface area (Å²) in [4.78, 5) is 35.8. The molecule has 1 aliphatic heterocycles.